The molecule has 144 valence electrons. The van der Waals surface area contributed by atoms with Crippen LogP contribution in [-0.4, -0.2) is 48.3 Å². The number of benzene rings is 2. The molecule has 0 aliphatic rings. The van der Waals surface area contributed by atoms with Gasteiger partial charge in [0, 0.05) is 24.3 Å². The van der Waals surface area contributed by atoms with Gasteiger partial charge in [-0.3, -0.25) is 14.5 Å². The van der Waals surface area contributed by atoms with Crippen LogP contribution in [0.4, 0.5) is 5.69 Å². The van der Waals surface area contributed by atoms with Gasteiger partial charge in [-0.15, -0.1) is 0 Å². The Morgan fingerprint density at radius 2 is 1.78 bits per heavy atom. The zero-order valence-corrected chi connectivity index (χ0v) is 17.0. The number of halogens is 1. The third-order valence-corrected chi connectivity index (χ3v) is 4.67. The van der Waals surface area contributed by atoms with E-state index in [2.05, 4.69) is 5.32 Å². The highest BCUT2D eigenvalue weighted by Gasteiger charge is 2.23. The van der Waals surface area contributed by atoms with E-state index in [0.717, 1.165) is 16.8 Å². The topological polar surface area (TPSA) is 52.7 Å². The van der Waals surface area contributed by atoms with E-state index in [1.165, 1.54) is 4.90 Å². The number of likely N-dealkylation sites (N-methyl/N-ethyl adjacent to an activating group) is 2. The summed E-state index contributed by atoms with van der Waals surface area (Å²) in [6.07, 6.45) is 0. The van der Waals surface area contributed by atoms with E-state index < -0.39 is 0 Å². The largest absolute Gasteiger partial charge is 0.335 e. The van der Waals surface area contributed by atoms with Crippen molar-refractivity contribution in [3.8, 4) is 0 Å². The maximum atomic E-state index is 12.7. The van der Waals surface area contributed by atoms with Crippen molar-refractivity contribution in [1.29, 1.82) is 0 Å². The molecule has 0 bridgehead atoms. The van der Waals surface area contributed by atoms with E-state index in [1.807, 2.05) is 74.3 Å². The van der Waals surface area contributed by atoms with Gasteiger partial charge in [-0.2, -0.15) is 0 Å². The zero-order chi connectivity index (χ0) is 20.0. The number of rotatable bonds is 7. The normalized spacial score (nSPS) is 11.9. The predicted octanol–water partition coefficient (Wildman–Crippen LogP) is 3.57. The number of carbonyl (C=O) groups excluding carboxylic acids is 2. The molecule has 1 N–H and O–H groups in total. The summed E-state index contributed by atoms with van der Waals surface area (Å²) in [6, 6.07) is 14.7. The first-order chi connectivity index (χ1) is 12.8. The average molecular weight is 388 g/mol. The second kappa shape index (κ2) is 9.53. The van der Waals surface area contributed by atoms with Crippen LogP contribution in [0.1, 0.15) is 18.1 Å². The summed E-state index contributed by atoms with van der Waals surface area (Å²) in [6.45, 7) is 4.42. The highest BCUT2D eigenvalue weighted by atomic mass is 35.5. The van der Waals surface area contributed by atoms with E-state index in [0.29, 0.717) is 11.6 Å². The zero-order valence-electron chi connectivity index (χ0n) is 16.2. The van der Waals surface area contributed by atoms with Crippen LogP contribution >= 0.6 is 11.6 Å². The highest BCUT2D eigenvalue weighted by molar-refractivity contribution is 6.30. The van der Waals surface area contributed by atoms with Crippen LogP contribution in [0.5, 0.6) is 0 Å². The molecule has 0 spiro atoms. The van der Waals surface area contributed by atoms with Gasteiger partial charge >= 0.3 is 0 Å². The molecule has 0 fully saturated rings. The maximum absolute atomic E-state index is 12.7. The van der Waals surface area contributed by atoms with Gasteiger partial charge in [0.2, 0.25) is 11.8 Å². The van der Waals surface area contributed by atoms with Crippen LogP contribution in [0.15, 0.2) is 48.5 Å². The van der Waals surface area contributed by atoms with Crippen molar-refractivity contribution in [3.63, 3.8) is 0 Å². The molecule has 1 atom stereocenters. The molecule has 0 aromatic heterocycles. The maximum Gasteiger partial charge on any atom is 0.243 e. The number of nitrogens with one attached hydrogen (secondary N) is 1. The lowest BCUT2D eigenvalue weighted by Gasteiger charge is -2.28. The van der Waals surface area contributed by atoms with Gasteiger partial charge in [0.1, 0.15) is 0 Å². The number of anilines is 1. The van der Waals surface area contributed by atoms with E-state index in [4.69, 9.17) is 11.6 Å². The fraction of sp³-hybridized carbons (Fsp3) is 0.333. The minimum absolute atomic E-state index is 0.00204. The molecule has 5 nitrogen and oxygen atoms in total. The second-order valence-electron chi connectivity index (χ2n) is 6.83. The summed E-state index contributed by atoms with van der Waals surface area (Å²) in [5.74, 6) is -0.335. The van der Waals surface area contributed by atoms with E-state index in [-0.39, 0.29) is 24.4 Å². The Hall–Kier alpha value is -2.37. The van der Waals surface area contributed by atoms with Crippen molar-refractivity contribution >= 4 is 29.1 Å². The molecule has 0 aliphatic carbocycles. The molecular formula is C21H26ClN3O2. The first-order valence-electron chi connectivity index (χ1n) is 8.82. The summed E-state index contributed by atoms with van der Waals surface area (Å²) in [7, 11) is 3.52. The molecule has 0 aliphatic heterocycles. The summed E-state index contributed by atoms with van der Waals surface area (Å²) in [5.41, 5.74) is 2.87. The molecule has 0 saturated carbocycles. The van der Waals surface area contributed by atoms with Crippen molar-refractivity contribution in [2.75, 3.05) is 26.0 Å². The number of hydrogen-bond acceptors (Lipinski definition) is 3. The van der Waals surface area contributed by atoms with Crippen LogP contribution in [0.3, 0.4) is 0 Å². The third kappa shape index (κ3) is 6.38. The van der Waals surface area contributed by atoms with Crippen LogP contribution in [0, 0.1) is 6.92 Å². The molecule has 6 heteroatoms. The van der Waals surface area contributed by atoms with E-state index >= 15 is 0 Å². The summed E-state index contributed by atoms with van der Waals surface area (Å²) >= 11 is 6.02. The van der Waals surface area contributed by atoms with E-state index in [9.17, 15) is 9.59 Å². The Morgan fingerprint density at radius 3 is 2.41 bits per heavy atom. The Labute approximate surface area is 165 Å². The van der Waals surface area contributed by atoms with E-state index in [1.54, 1.807) is 7.05 Å². The average Bonchev–Trinajstić information content (AvgIpc) is 2.62. The molecule has 2 aromatic carbocycles. The molecule has 27 heavy (non-hydrogen) atoms. The van der Waals surface area contributed by atoms with Crippen molar-refractivity contribution in [3.05, 3.63) is 64.7 Å². The standard InChI is InChI=1S/C21H26ClN3O2/c1-15-8-10-19(11-9-15)23-20(26)14-25(4)21(27)16(2)24(3)13-17-6-5-7-18(22)12-17/h5-12,16H,13-14H2,1-4H3,(H,23,26)/t16-/m0/s1. The van der Waals surface area contributed by atoms with Gasteiger partial charge in [-0.1, -0.05) is 41.4 Å². The molecule has 2 amide bonds. The van der Waals surface area contributed by atoms with Gasteiger partial charge in [0.15, 0.2) is 0 Å². The SMILES string of the molecule is Cc1ccc(NC(=O)CN(C)C(=O)[C@H](C)N(C)Cc2cccc(Cl)c2)cc1. The molecule has 0 saturated heterocycles. The molecular weight excluding hydrogens is 362 g/mol. The molecule has 0 unspecified atom stereocenters. The van der Waals surface area contributed by atoms with Gasteiger partial charge < -0.3 is 10.2 Å². The summed E-state index contributed by atoms with van der Waals surface area (Å²) in [4.78, 5) is 28.2. The van der Waals surface area contributed by atoms with Gasteiger partial charge in [0.25, 0.3) is 0 Å². The summed E-state index contributed by atoms with van der Waals surface area (Å²) < 4.78 is 0. The number of amides is 2. The quantitative estimate of drug-likeness (QED) is 0.790. The molecule has 2 aromatic rings. The Bertz CT molecular complexity index is 792. The Kier molecular flexibility index (Phi) is 7.39. The first kappa shape index (κ1) is 20.9. The van der Waals surface area contributed by atoms with Crippen molar-refractivity contribution in [2.24, 2.45) is 0 Å². The monoisotopic (exact) mass is 387 g/mol. The fourth-order valence-electron chi connectivity index (χ4n) is 2.70. The first-order valence-corrected chi connectivity index (χ1v) is 9.20. The molecule has 0 heterocycles. The molecule has 2 rings (SSSR count). The lowest BCUT2D eigenvalue weighted by molar-refractivity contribution is -0.137. The fourth-order valence-corrected chi connectivity index (χ4v) is 2.91. The third-order valence-electron chi connectivity index (χ3n) is 4.43. The lowest BCUT2D eigenvalue weighted by atomic mass is 10.2. The van der Waals surface area contributed by atoms with Crippen LogP contribution in [0.2, 0.25) is 5.02 Å². The van der Waals surface area contributed by atoms with Crippen molar-refractivity contribution < 1.29 is 9.59 Å². The smallest absolute Gasteiger partial charge is 0.243 e. The Balaban J connectivity index is 1.88. The summed E-state index contributed by atoms with van der Waals surface area (Å²) in [5, 5.41) is 3.48. The Morgan fingerprint density at radius 1 is 1.11 bits per heavy atom. The molecule has 0 radical (unpaired) electrons. The van der Waals surface area contributed by atoms with Crippen LogP contribution in [0.25, 0.3) is 0 Å². The van der Waals surface area contributed by atoms with Gasteiger partial charge in [-0.05, 0) is 50.7 Å². The van der Waals surface area contributed by atoms with Gasteiger partial charge in [-0.25, -0.2) is 0 Å². The van der Waals surface area contributed by atoms with Crippen LogP contribution < -0.4 is 5.32 Å². The van der Waals surface area contributed by atoms with Crippen LogP contribution in [-0.2, 0) is 16.1 Å². The number of hydrogen-bond donors (Lipinski definition) is 1. The lowest BCUT2D eigenvalue weighted by Crippen LogP contribution is -2.46. The highest BCUT2D eigenvalue weighted by Crippen LogP contribution is 2.14. The van der Waals surface area contributed by atoms with Crippen molar-refractivity contribution in [2.45, 2.75) is 26.4 Å². The number of nitrogens with zero attached hydrogens (tertiary/aromatic N) is 2. The van der Waals surface area contributed by atoms with Crippen molar-refractivity contribution in [1.82, 2.24) is 9.80 Å². The second-order valence-corrected chi connectivity index (χ2v) is 7.27. The number of carbonyl (C=O) groups is 2. The minimum Gasteiger partial charge on any atom is -0.335 e. The predicted molar refractivity (Wildman–Crippen MR) is 110 cm³/mol. The minimum atomic E-state index is -0.360. The number of aryl methyl sites for hydroxylation is 1. The van der Waals surface area contributed by atoms with Gasteiger partial charge in [0.05, 0.1) is 12.6 Å².